The molecule has 5 rings (SSSR count). The van der Waals surface area contributed by atoms with Crippen molar-refractivity contribution in [3.8, 4) is 17.0 Å². The van der Waals surface area contributed by atoms with E-state index in [4.69, 9.17) is 10.5 Å². The Balaban J connectivity index is 0.000000253. The average Bonchev–Trinajstić information content (AvgIpc) is 3.43. The Bertz CT molecular complexity index is 1130. The molecular formula is C29H39F2LiN4O3-2. The number of aromatic amines is 1. The molecular weight excluding hydrogens is 497 g/mol. The predicted molar refractivity (Wildman–Crippen MR) is 144 cm³/mol. The first-order chi connectivity index (χ1) is 17.9. The number of fused-ring (bicyclic) bond motifs is 1. The van der Waals surface area contributed by atoms with Crippen molar-refractivity contribution in [3.63, 3.8) is 0 Å². The number of carbonyl (C=O) groups is 1. The third-order valence-electron chi connectivity index (χ3n) is 7.95. The number of benzene rings is 1. The Hall–Kier alpha value is -2.18. The number of nitrogens with two attached hydrogens (primary N) is 1. The molecule has 5 N–H and O–H groups in total. The summed E-state index contributed by atoms with van der Waals surface area (Å²) >= 11 is 0. The van der Waals surface area contributed by atoms with Crippen molar-refractivity contribution in [2.24, 2.45) is 11.1 Å². The minimum Gasteiger partial charge on any atom is -0.507 e. The molecule has 3 heterocycles. The number of anilines is 1. The van der Waals surface area contributed by atoms with Gasteiger partial charge >= 0.3 is 18.9 Å². The summed E-state index contributed by atoms with van der Waals surface area (Å²) in [6.07, 6.45) is 6.15. The molecule has 3 aliphatic rings. The van der Waals surface area contributed by atoms with Gasteiger partial charge in [-0.2, -0.15) is 6.42 Å². The average molecular weight is 537 g/mol. The number of aromatic hydroxyl groups is 1. The second kappa shape index (κ2) is 12.6. The van der Waals surface area contributed by atoms with Gasteiger partial charge < -0.3 is 56.3 Å². The van der Waals surface area contributed by atoms with E-state index in [-0.39, 0.29) is 42.1 Å². The zero-order chi connectivity index (χ0) is 27.7. The number of amides is 1. The number of likely N-dealkylation sites (tertiary alicyclic amines) is 1. The number of aromatic nitrogens is 1. The summed E-state index contributed by atoms with van der Waals surface area (Å²) in [5.74, 6) is -2.43. The van der Waals surface area contributed by atoms with Gasteiger partial charge in [-0.25, -0.2) is 8.78 Å². The fraction of sp³-hybridized carbons (Fsp3) is 0.517. The maximum atomic E-state index is 13.4. The number of nitrogens with zero attached hydrogens (tertiary/aromatic N) is 1. The van der Waals surface area contributed by atoms with Crippen LogP contribution >= 0.6 is 0 Å². The Kier molecular flexibility index (Phi) is 10.1. The van der Waals surface area contributed by atoms with Gasteiger partial charge in [0.2, 0.25) is 0 Å². The van der Waals surface area contributed by atoms with Crippen LogP contribution in [0.2, 0.25) is 0 Å². The first kappa shape index (κ1) is 31.3. The summed E-state index contributed by atoms with van der Waals surface area (Å²) in [6, 6.07) is 4.36. The Labute approximate surface area is 242 Å². The molecule has 10 heteroatoms. The molecule has 1 saturated carbocycles. The van der Waals surface area contributed by atoms with Crippen LogP contribution in [0.4, 0.5) is 14.6 Å². The molecule has 1 aliphatic carbocycles. The summed E-state index contributed by atoms with van der Waals surface area (Å²) in [5, 5.41) is 13.6. The topological polar surface area (TPSA) is 104 Å². The maximum absolute atomic E-state index is 13.4. The summed E-state index contributed by atoms with van der Waals surface area (Å²) in [7, 11) is 0. The molecule has 7 nitrogen and oxygen atoms in total. The largest absolute Gasteiger partial charge is 1.00 e. The van der Waals surface area contributed by atoms with Crippen LogP contribution < -0.4 is 29.9 Å². The van der Waals surface area contributed by atoms with Crippen molar-refractivity contribution in [1.82, 2.24) is 9.88 Å². The van der Waals surface area contributed by atoms with Gasteiger partial charge in [0.05, 0.1) is 24.8 Å². The number of carbonyl (C=O) groups excluding carboxylic acids is 1. The number of H-pyrrole nitrogens is 1. The number of alkyl halides is 2. The predicted octanol–water partition coefficient (Wildman–Crippen LogP) is 2.31. The van der Waals surface area contributed by atoms with E-state index in [1.807, 2.05) is 4.90 Å². The van der Waals surface area contributed by atoms with E-state index < -0.39 is 5.92 Å². The van der Waals surface area contributed by atoms with Crippen LogP contribution in [0.25, 0.3) is 11.3 Å². The zero-order valence-corrected chi connectivity index (χ0v) is 23.1. The maximum Gasteiger partial charge on any atom is 1.00 e. The molecule has 2 fully saturated rings. The van der Waals surface area contributed by atoms with Gasteiger partial charge in [-0.15, -0.1) is 6.04 Å². The second-order valence-electron chi connectivity index (χ2n) is 11.0. The fourth-order valence-electron chi connectivity index (χ4n) is 5.73. The minimum atomic E-state index is -3.00. The first-order valence-electron chi connectivity index (χ1n) is 13.2. The normalized spacial score (nSPS) is 18.9. The van der Waals surface area contributed by atoms with Crippen molar-refractivity contribution < 1.29 is 42.3 Å². The summed E-state index contributed by atoms with van der Waals surface area (Å²) in [6.45, 7) is 14.7. The molecule has 1 aromatic heterocycles. The van der Waals surface area contributed by atoms with E-state index >= 15 is 0 Å². The number of hydrogen-bond donors (Lipinski definition) is 4. The van der Waals surface area contributed by atoms with E-state index in [0.29, 0.717) is 35.9 Å². The molecule has 1 aromatic carbocycles. The molecule has 2 aromatic rings. The van der Waals surface area contributed by atoms with Crippen LogP contribution in [0.1, 0.15) is 62.1 Å². The van der Waals surface area contributed by atoms with Crippen molar-refractivity contribution in [3.05, 3.63) is 55.7 Å². The van der Waals surface area contributed by atoms with Gasteiger partial charge in [-0.3, -0.25) is 0 Å². The Morgan fingerprint density at radius 1 is 1.31 bits per heavy atom. The van der Waals surface area contributed by atoms with Gasteiger partial charge in [0.25, 0.3) is 5.92 Å². The summed E-state index contributed by atoms with van der Waals surface area (Å²) in [4.78, 5) is 16.1. The molecule has 39 heavy (non-hydrogen) atoms. The van der Waals surface area contributed by atoms with Crippen LogP contribution in [0, 0.1) is 26.2 Å². The Morgan fingerprint density at radius 2 is 1.95 bits per heavy atom. The number of rotatable bonds is 6. The van der Waals surface area contributed by atoms with Crippen molar-refractivity contribution in [1.29, 1.82) is 0 Å². The monoisotopic (exact) mass is 536 g/mol. The van der Waals surface area contributed by atoms with Crippen LogP contribution in [0.5, 0.6) is 5.75 Å². The van der Waals surface area contributed by atoms with E-state index in [1.54, 1.807) is 0 Å². The molecule has 1 saturated heterocycles. The number of phenolic OH excluding ortho intramolecular Hbond substituents is 1. The molecule has 210 valence electrons. The SMILES string of the molecule is [CH2-]C(=O)N1CCC2(CC1)CC(N)C2.[CH2-]CC[C@H]([CH2-])Nc1[nH]c(-c2ccc(C(C)(F)F)cc2O)c2c1COC2.[Li+]. The smallest absolute Gasteiger partial charge is 0.507 e. The van der Waals surface area contributed by atoms with Gasteiger partial charge in [0.15, 0.2) is 0 Å². The third-order valence-corrected chi connectivity index (χ3v) is 7.95. The van der Waals surface area contributed by atoms with Crippen LogP contribution in [-0.4, -0.2) is 46.1 Å². The van der Waals surface area contributed by atoms with Gasteiger partial charge in [0.1, 0.15) is 11.6 Å². The summed E-state index contributed by atoms with van der Waals surface area (Å²) in [5.41, 5.74) is 9.12. The quantitative estimate of drug-likeness (QED) is 0.335. The van der Waals surface area contributed by atoms with Crippen LogP contribution in [-0.2, 0) is 28.7 Å². The molecule has 1 atom stereocenters. The number of ether oxygens (including phenoxy) is 1. The number of hydrogen-bond acceptors (Lipinski definition) is 5. The minimum absolute atomic E-state index is 0. The van der Waals surface area contributed by atoms with Crippen LogP contribution in [0.15, 0.2) is 18.2 Å². The number of nitrogens with one attached hydrogen (secondary N) is 2. The van der Waals surface area contributed by atoms with Crippen molar-refractivity contribution in [2.45, 2.75) is 76.7 Å². The first-order valence-corrected chi connectivity index (χ1v) is 13.2. The van der Waals surface area contributed by atoms with Crippen molar-refractivity contribution in [2.75, 3.05) is 18.4 Å². The second-order valence-corrected chi connectivity index (χ2v) is 11.0. The zero-order valence-electron chi connectivity index (χ0n) is 23.1. The third kappa shape index (κ3) is 7.13. The van der Waals surface area contributed by atoms with E-state index in [0.717, 1.165) is 81.5 Å². The molecule has 2 aliphatic heterocycles. The molecule has 0 radical (unpaired) electrons. The molecule has 1 amide bonds. The standard InChI is InChI=1S/C19H22F2N2O2.C10H17N2O.Li/c1-4-5-11(2)22-18-15-10-25-9-14(15)17(23-18)13-7-6-12(8-16(13)24)19(3,20)21;1-8(13)12-4-2-10(3-5-12)6-9(11)7-10;/h6-8,11,22-24H,1-2,4-5,9-10H2,3H3;9H,1-7,11H2;/q-2;-1;+1/t11-;;/m0../s1. The molecule has 0 bridgehead atoms. The van der Waals surface area contributed by atoms with E-state index in [1.165, 1.54) is 12.1 Å². The number of phenols is 1. The van der Waals surface area contributed by atoms with E-state index in [9.17, 15) is 18.7 Å². The molecule has 1 spiro atoms. The fourth-order valence-corrected chi connectivity index (χ4v) is 5.73. The Morgan fingerprint density at radius 3 is 2.49 bits per heavy atom. The van der Waals surface area contributed by atoms with Gasteiger partial charge in [-0.1, -0.05) is 12.5 Å². The van der Waals surface area contributed by atoms with E-state index in [2.05, 4.69) is 31.1 Å². The number of piperidine rings is 1. The number of halogens is 2. The summed E-state index contributed by atoms with van der Waals surface area (Å²) < 4.78 is 32.4. The van der Waals surface area contributed by atoms with Crippen LogP contribution in [0.3, 0.4) is 0 Å². The van der Waals surface area contributed by atoms with Gasteiger partial charge in [-0.05, 0) is 43.2 Å². The van der Waals surface area contributed by atoms with Crippen molar-refractivity contribution >= 4 is 11.7 Å². The van der Waals surface area contributed by atoms with Gasteiger partial charge in [0, 0.05) is 48.3 Å². The molecule has 0 unspecified atom stereocenters.